The number of anilines is 2. The molecule has 0 aromatic carbocycles. The summed E-state index contributed by atoms with van der Waals surface area (Å²) in [7, 11) is 0. The number of thioether (sulfide) groups is 1. The maximum Gasteiger partial charge on any atom is 0.191 e. The lowest BCUT2D eigenvalue weighted by molar-refractivity contribution is 0.461. The van der Waals surface area contributed by atoms with Crippen molar-refractivity contribution in [2.75, 3.05) is 16.8 Å². The first kappa shape index (κ1) is 14.7. The topological polar surface area (TPSA) is 63.8 Å². The molecule has 2 rings (SSSR count). The fraction of sp³-hybridized carbons (Fsp3) is 0.692. The van der Waals surface area contributed by atoms with E-state index in [2.05, 4.69) is 22.2 Å². The number of nitrogens with zero attached hydrogens (tertiary/aromatic N) is 2. The number of aromatic nitrogens is 2. The number of nitrogens with one attached hydrogen (secondary N) is 1. The third-order valence-corrected chi connectivity index (χ3v) is 4.60. The van der Waals surface area contributed by atoms with Crippen molar-refractivity contribution in [1.29, 1.82) is 0 Å². The number of rotatable bonds is 5. The Morgan fingerprint density at radius 2 is 2.05 bits per heavy atom. The summed E-state index contributed by atoms with van der Waals surface area (Å²) in [5, 5.41) is 4.49. The normalized spacial score (nSPS) is 16.5. The molecule has 0 atom stereocenters. The SMILES string of the molecule is CCCSc1nc(Cl)c(N)c(NC2CCCCC2)n1. The quantitative estimate of drug-likeness (QED) is 0.489. The van der Waals surface area contributed by atoms with Gasteiger partial charge in [-0.1, -0.05) is 49.5 Å². The van der Waals surface area contributed by atoms with Crippen LogP contribution >= 0.6 is 23.4 Å². The minimum Gasteiger partial charge on any atom is -0.393 e. The largest absolute Gasteiger partial charge is 0.393 e. The summed E-state index contributed by atoms with van der Waals surface area (Å²) in [4.78, 5) is 8.71. The maximum absolute atomic E-state index is 6.09. The molecule has 1 saturated carbocycles. The smallest absolute Gasteiger partial charge is 0.191 e. The highest BCUT2D eigenvalue weighted by Crippen LogP contribution is 2.30. The molecule has 1 aromatic heterocycles. The fourth-order valence-corrected chi connectivity index (χ4v) is 3.15. The number of hydrogen-bond donors (Lipinski definition) is 2. The number of halogens is 1. The van der Waals surface area contributed by atoms with E-state index in [1.54, 1.807) is 11.8 Å². The third-order valence-electron chi connectivity index (χ3n) is 3.26. The zero-order chi connectivity index (χ0) is 13.7. The highest BCUT2D eigenvalue weighted by Gasteiger charge is 2.17. The van der Waals surface area contributed by atoms with Crippen LogP contribution in [-0.4, -0.2) is 21.8 Å². The zero-order valence-corrected chi connectivity index (χ0v) is 12.9. The molecule has 3 N–H and O–H groups in total. The van der Waals surface area contributed by atoms with Crippen LogP contribution in [0, 0.1) is 0 Å². The van der Waals surface area contributed by atoms with Crippen LogP contribution in [0.3, 0.4) is 0 Å². The van der Waals surface area contributed by atoms with Gasteiger partial charge in [0.25, 0.3) is 0 Å². The van der Waals surface area contributed by atoms with Gasteiger partial charge >= 0.3 is 0 Å². The van der Waals surface area contributed by atoms with Gasteiger partial charge in [-0.25, -0.2) is 9.97 Å². The van der Waals surface area contributed by atoms with Crippen molar-refractivity contribution < 1.29 is 0 Å². The van der Waals surface area contributed by atoms with Crippen LogP contribution in [0.4, 0.5) is 11.5 Å². The first-order chi connectivity index (χ1) is 9.20. The fourth-order valence-electron chi connectivity index (χ4n) is 2.23. The molecule has 106 valence electrons. The number of nitrogens with two attached hydrogens (primary N) is 1. The van der Waals surface area contributed by atoms with Crippen molar-refractivity contribution in [3.05, 3.63) is 5.15 Å². The van der Waals surface area contributed by atoms with E-state index in [0.29, 0.717) is 27.9 Å². The standard InChI is InChI=1S/C13H21ClN4S/c1-2-8-19-13-17-11(14)10(15)12(18-13)16-9-6-4-3-5-7-9/h9H,2-8,15H2,1H3,(H,16,17,18). The van der Waals surface area contributed by atoms with E-state index >= 15 is 0 Å². The molecule has 6 heteroatoms. The van der Waals surface area contributed by atoms with Crippen LogP contribution in [0.2, 0.25) is 5.15 Å². The molecule has 0 amide bonds. The molecule has 19 heavy (non-hydrogen) atoms. The van der Waals surface area contributed by atoms with Gasteiger partial charge in [0, 0.05) is 11.8 Å². The summed E-state index contributed by atoms with van der Waals surface area (Å²) in [5.74, 6) is 1.69. The monoisotopic (exact) mass is 300 g/mol. The van der Waals surface area contributed by atoms with Gasteiger partial charge in [-0.05, 0) is 19.3 Å². The Bertz CT molecular complexity index is 421. The van der Waals surface area contributed by atoms with Crippen molar-refractivity contribution in [1.82, 2.24) is 9.97 Å². The van der Waals surface area contributed by atoms with Crippen LogP contribution in [0.15, 0.2) is 5.16 Å². The Kier molecular flexibility index (Phi) is 5.58. The Balaban J connectivity index is 2.10. The maximum atomic E-state index is 6.09. The molecule has 1 aliphatic carbocycles. The second kappa shape index (κ2) is 7.20. The van der Waals surface area contributed by atoms with Gasteiger partial charge in [-0.2, -0.15) is 0 Å². The molecule has 0 spiro atoms. The minimum absolute atomic E-state index is 0.354. The molecule has 0 bridgehead atoms. The third kappa shape index (κ3) is 4.14. The van der Waals surface area contributed by atoms with Crippen molar-refractivity contribution in [2.45, 2.75) is 56.6 Å². The Morgan fingerprint density at radius 3 is 2.74 bits per heavy atom. The predicted molar refractivity (Wildman–Crippen MR) is 83.0 cm³/mol. The van der Waals surface area contributed by atoms with E-state index in [1.165, 1.54) is 32.1 Å². The highest BCUT2D eigenvalue weighted by atomic mass is 35.5. The van der Waals surface area contributed by atoms with Gasteiger partial charge in [0.1, 0.15) is 5.69 Å². The van der Waals surface area contributed by atoms with E-state index in [-0.39, 0.29) is 0 Å². The van der Waals surface area contributed by atoms with Crippen LogP contribution in [-0.2, 0) is 0 Å². The number of hydrogen-bond acceptors (Lipinski definition) is 5. The molecular weight excluding hydrogens is 280 g/mol. The molecule has 1 aliphatic rings. The van der Waals surface area contributed by atoms with Crippen LogP contribution < -0.4 is 11.1 Å². The molecule has 0 aliphatic heterocycles. The first-order valence-corrected chi connectivity index (χ1v) is 8.29. The molecule has 1 heterocycles. The highest BCUT2D eigenvalue weighted by molar-refractivity contribution is 7.99. The van der Waals surface area contributed by atoms with Gasteiger partial charge < -0.3 is 11.1 Å². The summed E-state index contributed by atoms with van der Waals surface area (Å²) in [6.45, 7) is 2.13. The average Bonchev–Trinajstić information content (AvgIpc) is 2.43. The second-order valence-corrected chi connectivity index (χ2v) is 6.31. The van der Waals surface area contributed by atoms with E-state index in [1.807, 2.05) is 0 Å². The first-order valence-electron chi connectivity index (χ1n) is 6.93. The number of nitrogen functional groups attached to an aromatic ring is 1. The average molecular weight is 301 g/mol. The van der Waals surface area contributed by atoms with Crippen molar-refractivity contribution in [3.8, 4) is 0 Å². The van der Waals surface area contributed by atoms with Crippen LogP contribution in [0.25, 0.3) is 0 Å². The molecule has 0 radical (unpaired) electrons. The minimum atomic E-state index is 0.354. The molecule has 0 unspecified atom stereocenters. The van der Waals surface area contributed by atoms with E-state index in [9.17, 15) is 0 Å². The lowest BCUT2D eigenvalue weighted by atomic mass is 9.95. The van der Waals surface area contributed by atoms with Gasteiger partial charge in [0.2, 0.25) is 0 Å². The second-order valence-electron chi connectivity index (χ2n) is 4.89. The Hall–Kier alpha value is -0.680. The molecule has 0 saturated heterocycles. The van der Waals surface area contributed by atoms with E-state index < -0.39 is 0 Å². The van der Waals surface area contributed by atoms with Gasteiger partial charge in [-0.3, -0.25) is 0 Å². The van der Waals surface area contributed by atoms with Gasteiger partial charge in [0.05, 0.1) is 0 Å². The predicted octanol–water partition coefficient (Wildman–Crippen LogP) is 3.96. The Labute approximate surface area is 123 Å². The van der Waals surface area contributed by atoms with E-state index in [0.717, 1.165) is 12.2 Å². The van der Waals surface area contributed by atoms with Crippen molar-refractivity contribution >= 4 is 34.9 Å². The molecule has 1 fully saturated rings. The summed E-state index contributed by atoms with van der Waals surface area (Å²) in [6, 6.07) is 0.464. The van der Waals surface area contributed by atoms with Crippen molar-refractivity contribution in [2.24, 2.45) is 0 Å². The molecule has 4 nitrogen and oxygen atoms in total. The van der Waals surface area contributed by atoms with Crippen LogP contribution in [0.5, 0.6) is 0 Å². The summed E-state index contributed by atoms with van der Waals surface area (Å²) in [5.41, 5.74) is 6.43. The zero-order valence-electron chi connectivity index (χ0n) is 11.3. The van der Waals surface area contributed by atoms with Crippen LogP contribution in [0.1, 0.15) is 45.4 Å². The molecular formula is C13H21ClN4S. The summed E-state index contributed by atoms with van der Waals surface area (Å²) in [6.07, 6.45) is 7.32. The van der Waals surface area contributed by atoms with Gasteiger partial charge in [0.15, 0.2) is 16.1 Å². The van der Waals surface area contributed by atoms with Gasteiger partial charge in [-0.15, -0.1) is 0 Å². The van der Waals surface area contributed by atoms with Crippen molar-refractivity contribution in [3.63, 3.8) is 0 Å². The summed E-state index contributed by atoms with van der Waals surface area (Å²) < 4.78 is 0. The molecule has 1 aromatic rings. The summed E-state index contributed by atoms with van der Waals surface area (Å²) >= 11 is 7.70. The lowest BCUT2D eigenvalue weighted by Crippen LogP contribution is -2.23. The lowest BCUT2D eigenvalue weighted by Gasteiger charge is -2.24. The Morgan fingerprint density at radius 1 is 1.32 bits per heavy atom. The van der Waals surface area contributed by atoms with E-state index in [4.69, 9.17) is 17.3 Å².